The summed E-state index contributed by atoms with van der Waals surface area (Å²) in [6.07, 6.45) is 4.72. The normalized spacial score (nSPS) is 10.6. The molecule has 0 spiro atoms. The largest absolute Gasteiger partial charge is 0.494 e. The van der Waals surface area contributed by atoms with E-state index in [1.165, 1.54) is 19.3 Å². The standard InChI is InChI=1S/C24H34N2O3/c1-4-5-6-7-14-28-22-12-8-10-20(15-22)25-17-24(27)26-21-11-9-13-23(16-21)29-18-19(2)3/h8-13,15-16,19,25H,4-7,14,17-18H2,1-3H3,(H,26,27). The predicted octanol–water partition coefficient (Wildman–Crippen LogP) is 5.73. The first-order chi connectivity index (χ1) is 14.1. The number of ether oxygens (including phenoxy) is 2. The molecule has 0 atom stereocenters. The zero-order chi connectivity index (χ0) is 20.9. The van der Waals surface area contributed by atoms with Gasteiger partial charge < -0.3 is 20.1 Å². The van der Waals surface area contributed by atoms with E-state index in [9.17, 15) is 4.79 Å². The second kappa shape index (κ2) is 12.7. The van der Waals surface area contributed by atoms with Crippen molar-refractivity contribution in [1.29, 1.82) is 0 Å². The molecule has 29 heavy (non-hydrogen) atoms. The maximum absolute atomic E-state index is 12.3. The van der Waals surface area contributed by atoms with Crippen LogP contribution in [0.4, 0.5) is 11.4 Å². The summed E-state index contributed by atoms with van der Waals surface area (Å²) in [4.78, 5) is 12.3. The van der Waals surface area contributed by atoms with E-state index in [0.717, 1.165) is 35.9 Å². The van der Waals surface area contributed by atoms with Crippen molar-refractivity contribution in [3.8, 4) is 11.5 Å². The Morgan fingerprint density at radius 2 is 1.62 bits per heavy atom. The molecule has 0 bridgehead atoms. The molecule has 2 aromatic rings. The highest BCUT2D eigenvalue weighted by atomic mass is 16.5. The van der Waals surface area contributed by atoms with Crippen LogP contribution < -0.4 is 20.1 Å². The maximum atomic E-state index is 12.3. The van der Waals surface area contributed by atoms with Crippen LogP contribution in [0.25, 0.3) is 0 Å². The summed E-state index contributed by atoms with van der Waals surface area (Å²) in [5.74, 6) is 1.92. The quantitative estimate of drug-likeness (QED) is 0.423. The summed E-state index contributed by atoms with van der Waals surface area (Å²) in [5, 5.41) is 6.04. The molecular weight excluding hydrogens is 364 g/mol. The van der Waals surface area contributed by atoms with Crippen molar-refractivity contribution in [2.24, 2.45) is 5.92 Å². The molecule has 2 N–H and O–H groups in total. The van der Waals surface area contributed by atoms with Gasteiger partial charge in [0, 0.05) is 23.5 Å². The molecule has 0 heterocycles. The first kappa shape index (κ1) is 22.6. The fraction of sp³-hybridized carbons (Fsp3) is 0.458. The summed E-state index contributed by atoms with van der Waals surface area (Å²) >= 11 is 0. The molecular formula is C24H34N2O3. The minimum Gasteiger partial charge on any atom is -0.494 e. The average Bonchev–Trinajstić information content (AvgIpc) is 2.71. The van der Waals surface area contributed by atoms with Gasteiger partial charge >= 0.3 is 0 Å². The topological polar surface area (TPSA) is 59.6 Å². The zero-order valence-electron chi connectivity index (χ0n) is 17.9. The van der Waals surface area contributed by atoms with Crippen LogP contribution >= 0.6 is 0 Å². The highest BCUT2D eigenvalue weighted by Crippen LogP contribution is 2.19. The Morgan fingerprint density at radius 1 is 0.931 bits per heavy atom. The summed E-state index contributed by atoms with van der Waals surface area (Å²) in [6.45, 7) is 7.95. The number of rotatable bonds is 13. The van der Waals surface area contributed by atoms with Gasteiger partial charge in [-0.1, -0.05) is 52.2 Å². The number of carbonyl (C=O) groups excluding carboxylic acids is 1. The second-order valence-corrected chi connectivity index (χ2v) is 7.57. The average molecular weight is 399 g/mol. The van der Waals surface area contributed by atoms with Crippen molar-refractivity contribution < 1.29 is 14.3 Å². The number of nitrogens with one attached hydrogen (secondary N) is 2. The molecule has 0 aliphatic heterocycles. The van der Waals surface area contributed by atoms with Crippen LogP contribution in [0, 0.1) is 5.92 Å². The van der Waals surface area contributed by atoms with Gasteiger partial charge in [-0.15, -0.1) is 0 Å². The van der Waals surface area contributed by atoms with Crippen molar-refractivity contribution in [2.45, 2.75) is 46.5 Å². The number of amides is 1. The van der Waals surface area contributed by atoms with E-state index in [-0.39, 0.29) is 12.5 Å². The van der Waals surface area contributed by atoms with Crippen LogP contribution in [0.15, 0.2) is 48.5 Å². The molecule has 0 aliphatic carbocycles. The number of hydrogen-bond donors (Lipinski definition) is 2. The monoisotopic (exact) mass is 398 g/mol. The van der Waals surface area contributed by atoms with E-state index in [1.807, 2.05) is 48.5 Å². The van der Waals surface area contributed by atoms with Crippen LogP contribution in [0.2, 0.25) is 0 Å². The van der Waals surface area contributed by atoms with Crippen molar-refractivity contribution >= 4 is 17.3 Å². The van der Waals surface area contributed by atoms with Crippen molar-refractivity contribution in [3.05, 3.63) is 48.5 Å². The molecule has 5 nitrogen and oxygen atoms in total. The summed E-state index contributed by atoms with van der Waals surface area (Å²) in [6, 6.07) is 15.2. The summed E-state index contributed by atoms with van der Waals surface area (Å²) in [5.41, 5.74) is 1.59. The highest BCUT2D eigenvalue weighted by Gasteiger charge is 2.05. The second-order valence-electron chi connectivity index (χ2n) is 7.57. The molecule has 1 amide bonds. The van der Waals surface area contributed by atoms with E-state index in [1.54, 1.807) is 0 Å². The molecule has 0 aromatic heterocycles. The van der Waals surface area contributed by atoms with Gasteiger partial charge in [0.15, 0.2) is 0 Å². The van der Waals surface area contributed by atoms with Gasteiger partial charge in [0.2, 0.25) is 5.91 Å². The lowest BCUT2D eigenvalue weighted by molar-refractivity contribution is -0.114. The van der Waals surface area contributed by atoms with Crippen molar-refractivity contribution in [3.63, 3.8) is 0 Å². The van der Waals surface area contributed by atoms with Crippen LogP contribution in [0.5, 0.6) is 11.5 Å². The van der Waals surface area contributed by atoms with E-state index >= 15 is 0 Å². The Labute approximate surface area is 174 Å². The molecule has 0 saturated carbocycles. The van der Waals surface area contributed by atoms with Gasteiger partial charge in [-0.3, -0.25) is 4.79 Å². The van der Waals surface area contributed by atoms with Gasteiger partial charge in [-0.2, -0.15) is 0 Å². The van der Waals surface area contributed by atoms with Crippen LogP contribution in [0.1, 0.15) is 46.5 Å². The van der Waals surface area contributed by atoms with Crippen molar-refractivity contribution in [2.75, 3.05) is 30.4 Å². The molecule has 0 aliphatic rings. The predicted molar refractivity (Wildman–Crippen MR) is 120 cm³/mol. The fourth-order valence-corrected chi connectivity index (χ4v) is 2.73. The first-order valence-corrected chi connectivity index (χ1v) is 10.6. The minimum atomic E-state index is -0.114. The minimum absolute atomic E-state index is 0.114. The van der Waals surface area contributed by atoms with E-state index in [0.29, 0.717) is 12.5 Å². The third-order valence-corrected chi connectivity index (χ3v) is 4.25. The summed E-state index contributed by atoms with van der Waals surface area (Å²) in [7, 11) is 0. The van der Waals surface area contributed by atoms with Crippen LogP contribution in [-0.2, 0) is 4.79 Å². The number of benzene rings is 2. The SMILES string of the molecule is CCCCCCOc1cccc(NCC(=O)Nc2cccc(OCC(C)C)c2)c1. The highest BCUT2D eigenvalue weighted by molar-refractivity contribution is 5.93. The third-order valence-electron chi connectivity index (χ3n) is 4.25. The molecule has 0 unspecified atom stereocenters. The van der Waals surface area contributed by atoms with E-state index < -0.39 is 0 Å². The van der Waals surface area contributed by atoms with Gasteiger partial charge in [0.25, 0.3) is 0 Å². The maximum Gasteiger partial charge on any atom is 0.243 e. The molecule has 158 valence electrons. The van der Waals surface area contributed by atoms with Crippen LogP contribution in [0.3, 0.4) is 0 Å². The van der Waals surface area contributed by atoms with Gasteiger partial charge in [0.1, 0.15) is 11.5 Å². The number of anilines is 2. The summed E-state index contributed by atoms with van der Waals surface area (Å²) < 4.78 is 11.5. The lowest BCUT2D eigenvalue weighted by Gasteiger charge is -2.12. The van der Waals surface area contributed by atoms with E-state index in [4.69, 9.17) is 9.47 Å². The molecule has 0 saturated heterocycles. The fourth-order valence-electron chi connectivity index (χ4n) is 2.73. The lowest BCUT2D eigenvalue weighted by atomic mass is 10.2. The molecule has 0 radical (unpaired) electrons. The smallest absolute Gasteiger partial charge is 0.243 e. The van der Waals surface area contributed by atoms with Crippen LogP contribution in [-0.4, -0.2) is 25.7 Å². The zero-order valence-corrected chi connectivity index (χ0v) is 17.9. The number of carbonyl (C=O) groups is 1. The Hall–Kier alpha value is -2.69. The number of hydrogen-bond acceptors (Lipinski definition) is 4. The molecule has 0 fully saturated rings. The Bertz CT molecular complexity index is 746. The number of unbranched alkanes of at least 4 members (excludes halogenated alkanes) is 3. The molecule has 5 heteroatoms. The molecule has 2 rings (SSSR count). The Morgan fingerprint density at radius 3 is 2.34 bits per heavy atom. The third kappa shape index (κ3) is 9.37. The van der Waals surface area contributed by atoms with Gasteiger partial charge in [-0.05, 0) is 36.6 Å². The lowest BCUT2D eigenvalue weighted by Crippen LogP contribution is -2.21. The Kier molecular flexibility index (Phi) is 9.90. The van der Waals surface area contributed by atoms with E-state index in [2.05, 4.69) is 31.4 Å². The first-order valence-electron chi connectivity index (χ1n) is 10.6. The Balaban J connectivity index is 1.77. The van der Waals surface area contributed by atoms with Gasteiger partial charge in [0.05, 0.1) is 19.8 Å². The van der Waals surface area contributed by atoms with Gasteiger partial charge in [-0.25, -0.2) is 0 Å². The van der Waals surface area contributed by atoms with Crippen molar-refractivity contribution in [1.82, 2.24) is 0 Å². The molecule has 2 aromatic carbocycles.